The predicted octanol–water partition coefficient (Wildman–Crippen LogP) is 0.655. The van der Waals surface area contributed by atoms with Crippen LogP contribution in [-0.2, 0) is 11.2 Å². The van der Waals surface area contributed by atoms with Crippen molar-refractivity contribution in [3.05, 3.63) is 17.7 Å². The summed E-state index contributed by atoms with van der Waals surface area (Å²) < 4.78 is 5.33. The van der Waals surface area contributed by atoms with Crippen LogP contribution in [0.1, 0.15) is 37.2 Å². The summed E-state index contributed by atoms with van der Waals surface area (Å²) >= 11 is 0. The van der Waals surface area contributed by atoms with E-state index in [1.807, 2.05) is 6.92 Å². The lowest BCUT2D eigenvalue weighted by atomic mass is 9.97. The van der Waals surface area contributed by atoms with Gasteiger partial charge in [-0.05, 0) is 19.8 Å². The Labute approximate surface area is 95.4 Å². The first kappa shape index (κ1) is 11.4. The van der Waals surface area contributed by atoms with Gasteiger partial charge in [0.2, 0.25) is 0 Å². The molecule has 0 aliphatic carbocycles. The molecule has 2 rings (SSSR count). The van der Waals surface area contributed by atoms with Crippen molar-refractivity contribution in [2.45, 2.75) is 38.1 Å². The molecule has 88 valence electrons. The maximum atomic E-state index is 5.73. The zero-order valence-corrected chi connectivity index (χ0v) is 9.59. The van der Waals surface area contributed by atoms with Crippen LogP contribution in [0.4, 0.5) is 0 Å². The number of aromatic nitrogens is 3. The standard InChI is InChI=1S/C11H18N4O/c1-8(12)6-11-14-10(7-13-15-11)9-2-4-16-5-3-9/h7-9H,2-6,12H2,1H3. The first-order valence-electron chi connectivity index (χ1n) is 5.77. The Morgan fingerprint density at radius 1 is 1.50 bits per heavy atom. The molecule has 0 amide bonds. The largest absolute Gasteiger partial charge is 0.381 e. The van der Waals surface area contributed by atoms with Crippen LogP contribution in [-0.4, -0.2) is 34.4 Å². The van der Waals surface area contributed by atoms with Gasteiger partial charge in [-0.3, -0.25) is 0 Å². The second-order valence-corrected chi connectivity index (χ2v) is 4.37. The molecule has 0 saturated carbocycles. The summed E-state index contributed by atoms with van der Waals surface area (Å²) in [7, 11) is 0. The number of rotatable bonds is 3. The van der Waals surface area contributed by atoms with E-state index in [1.54, 1.807) is 6.20 Å². The van der Waals surface area contributed by atoms with Gasteiger partial charge in [0.15, 0.2) is 5.82 Å². The van der Waals surface area contributed by atoms with Gasteiger partial charge in [-0.15, -0.1) is 5.10 Å². The van der Waals surface area contributed by atoms with Gasteiger partial charge in [0.25, 0.3) is 0 Å². The van der Waals surface area contributed by atoms with Crippen LogP contribution in [0.2, 0.25) is 0 Å². The molecular formula is C11H18N4O. The highest BCUT2D eigenvalue weighted by molar-refractivity contribution is 5.05. The molecule has 5 nitrogen and oxygen atoms in total. The summed E-state index contributed by atoms with van der Waals surface area (Å²) in [6, 6.07) is 0.0757. The summed E-state index contributed by atoms with van der Waals surface area (Å²) in [5, 5.41) is 8.01. The van der Waals surface area contributed by atoms with E-state index in [9.17, 15) is 0 Å². The van der Waals surface area contributed by atoms with Crippen molar-refractivity contribution < 1.29 is 4.74 Å². The second-order valence-electron chi connectivity index (χ2n) is 4.37. The number of hydrogen-bond acceptors (Lipinski definition) is 5. The van der Waals surface area contributed by atoms with E-state index in [1.165, 1.54) is 0 Å². The molecule has 1 aliphatic heterocycles. The van der Waals surface area contributed by atoms with E-state index in [0.29, 0.717) is 12.3 Å². The first-order chi connectivity index (χ1) is 7.75. The third kappa shape index (κ3) is 2.96. The van der Waals surface area contributed by atoms with Gasteiger partial charge in [0.1, 0.15) is 0 Å². The lowest BCUT2D eigenvalue weighted by Gasteiger charge is -2.21. The van der Waals surface area contributed by atoms with Crippen LogP contribution >= 0.6 is 0 Å². The average Bonchev–Trinajstić information content (AvgIpc) is 2.30. The molecule has 2 N–H and O–H groups in total. The second kappa shape index (κ2) is 5.32. The van der Waals surface area contributed by atoms with Gasteiger partial charge in [-0.25, -0.2) is 4.98 Å². The predicted molar refractivity (Wildman–Crippen MR) is 60.0 cm³/mol. The van der Waals surface area contributed by atoms with E-state index < -0.39 is 0 Å². The SMILES string of the molecule is CC(N)Cc1nncc(C2CCOCC2)n1. The number of ether oxygens (including phenoxy) is 1. The minimum atomic E-state index is 0.0757. The van der Waals surface area contributed by atoms with Crippen molar-refractivity contribution in [3.63, 3.8) is 0 Å². The molecule has 0 bridgehead atoms. The minimum Gasteiger partial charge on any atom is -0.381 e. The average molecular weight is 222 g/mol. The number of hydrogen-bond donors (Lipinski definition) is 1. The molecule has 2 heterocycles. The van der Waals surface area contributed by atoms with Gasteiger partial charge in [-0.1, -0.05) is 0 Å². The Hall–Kier alpha value is -1.07. The molecule has 5 heteroatoms. The summed E-state index contributed by atoms with van der Waals surface area (Å²) in [4.78, 5) is 4.53. The summed E-state index contributed by atoms with van der Waals surface area (Å²) in [5.74, 6) is 1.22. The van der Waals surface area contributed by atoms with Gasteiger partial charge in [0.05, 0.1) is 11.9 Å². The third-order valence-electron chi connectivity index (χ3n) is 2.77. The van der Waals surface area contributed by atoms with Gasteiger partial charge in [0, 0.05) is 31.6 Å². The van der Waals surface area contributed by atoms with E-state index in [4.69, 9.17) is 10.5 Å². The molecule has 1 aromatic heterocycles. The Morgan fingerprint density at radius 2 is 2.25 bits per heavy atom. The molecule has 0 spiro atoms. The van der Waals surface area contributed by atoms with Gasteiger partial charge in [-0.2, -0.15) is 5.10 Å². The highest BCUT2D eigenvalue weighted by atomic mass is 16.5. The molecule has 0 radical (unpaired) electrons. The van der Waals surface area contributed by atoms with Crippen molar-refractivity contribution in [1.82, 2.24) is 15.2 Å². The van der Waals surface area contributed by atoms with Crippen LogP contribution in [0.3, 0.4) is 0 Å². The van der Waals surface area contributed by atoms with Crippen LogP contribution in [0, 0.1) is 0 Å². The summed E-state index contributed by atoms with van der Waals surface area (Å²) in [5.41, 5.74) is 6.76. The highest BCUT2D eigenvalue weighted by Gasteiger charge is 2.18. The summed E-state index contributed by atoms with van der Waals surface area (Å²) in [6.45, 7) is 3.58. The van der Waals surface area contributed by atoms with E-state index in [-0.39, 0.29) is 6.04 Å². The Bertz CT molecular complexity index is 337. The highest BCUT2D eigenvalue weighted by Crippen LogP contribution is 2.24. The zero-order valence-electron chi connectivity index (χ0n) is 9.59. The van der Waals surface area contributed by atoms with Crippen LogP contribution in [0.5, 0.6) is 0 Å². The van der Waals surface area contributed by atoms with E-state index in [0.717, 1.165) is 37.6 Å². The molecule has 1 aliphatic rings. The van der Waals surface area contributed by atoms with E-state index >= 15 is 0 Å². The number of nitrogens with two attached hydrogens (primary N) is 1. The Kier molecular flexibility index (Phi) is 3.79. The minimum absolute atomic E-state index is 0.0757. The fourth-order valence-corrected chi connectivity index (χ4v) is 1.92. The fraction of sp³-hybridized carbons (Fsp3) is 0.727. The quantitative estimate of drug-likeness (QED) is 0.813. The molecule has 1 unspecified atom stereocenters. The monoisotopic (exact) mass is 222 g/mol. The first-order valence-corrected chi connectivity index (χ1v) is 5.77. The van der Waals surface area contributed by atoms with Crippen molar-refractivity contribution in [2.24, 2.45) is 5.73 Å². The maximum Gasteiger partial charge on any atom is 0.152 e. The van der Waals surface area contributed by atoms with Crippen LogP contribution in [0.15, 0.2) is 6.20 Å². The van der Waals surface area contributed by atoms with E-state index in [2.05, 4.69) is 15.2 Å². The van der Waals surface area contributed by atoms with Crippen LogP contribution < -0.4 is 5.73 Å². The van der Waals surface area contributed by atoms with Crippen molar-refractivity contribution in [2.75, 3.05) is 13.2 Å². The topological polar surface area (TPSA) is 73.9 Å². The van der Waals surface area contributed by atoms with Gasteiger partial charge >= 0.3 is 0 Å². The Morgan fingerprint density at radius 3 is 2.94 bits per heavy atom. The smallest absolute Gasteiger partial charge is 0.152 e. The fourth-order valence-electron chi connectivity index (χ4n) is 1.92. The lowest BCUT2D eigenvalue weighted by molar-refractivity contribution is 0.0843. The molecule has 1 fully saturated rings. The van der Waals surface area contributed by atoms with Crippen molar-refractivity contribution in [3.8, 4) is 0 Å². The molecular weight excluding hydrogens is 204 g/mol. The molecule has 1 aromatic rings. The number of nitrogens with zero attached hydrogens (tertiary/aromatic N) is 3. The van der Waals surface area contributed by atoms with Gasteiger partial charge < -0.3 is 10.5 Å². The molecule has 1 saturated heterocycles. The molecule has 0 aromatic carbocycles. The molecule has 16 heavy (non-hydrogen) atoms. The zero-order chi connectivity index (χ0) is 11.4. The molecule has 1 atom stereocenters. The third-order valence-corrected chi connectivity index (χ3v) is 2.77. The normalized spacial score (nSPS) is 19.6. The van der Waals surface area contributed by atoms with Crippen LogP contribution in [0.25, 0.3) is 0 Å². The maximum absolute atomic E-state index is 5.73. The Balaban J connectivity index is 2.08. The lowest BCUT2D eigenvalue weighted by Crippen LogP contribution is -2.21. The van der Waals surface area contributed by atoms with Crippen molar-refractivity contribution in [1.29, 1.82) is 0 Å². The summed E-state index contributed by atoms with van der Waals surface area (Å²) in [6.07, 6.45) is 4.50. The van der Waals surface area contributed by atoms with Crippen molar-refractivity contribution >= 4 is 0 Å².